The molecule has 1 aromatic rings. The molecule has 1 aliphatic rings. The highest BCUT2D eigenvalue weighted by Crippen LogP contribution is 2.36. The molecular weight excluding hydrogens is 317 g/mol. The van der Waals surface area contributed by atoms with Gasteiger partial charge >= 0.3 is 7.12 Å². The Morgan fingerprint density at radius 1 is 1.08 bits per heavy atom. The normalized spacial score (nSPS) is 19.8. The number of benzene rings is 1. The second kappa shape index (κ2) is 7.38. The number of nitrogens with one attached hydrogen (secondary N) is 1. The summed E-state index contributed by atoms with van der Waals surface area (Å²) in [5.74, 6) is 0.923. The van der Waals surface area contributed by atoms with Gasteiger partial charge in [0.25, 0.3) is 5.91 Å². The molecule has 6 heteroatoms. The third-order valence-corrected chi connectivity index (χ3v) is 5.16. The molecule has 1 N–H and O–H groups in total. The van der Waals surface area contributed by atoms with Crippen LogP contribution in [0.25, 0.3) is 0 Å². The van der Waals surface area contributed by atoms with Gasteiger partial charge < -0.3 is 19.4 Å². The Hall–Kier alpha value is -1.53. The van der Waals surface area contributed by atoms with Crippen molar-refractivity contribution in [1.82, 2.24) is 5.32 Å². The lowest BCUT2D eigenvalue weighted by atomic mass is 9.79. The Morgan fingerprint density at radius 3 is 2.08 bits per heavy atom. The fourth-order valence-electron chi connectivity index (χ4n) is 2.31. The van der Waals surface area contributed by atoms with Crippen LogP contribution in [0.3, 0.4) is 0 Å². The van der Waals surface area contributed by atoms with Gasteiger partial charge in [0.05, 0.1) is 11.2 Å². The first-order valence-electron chi connectivity index (χ1n) is 8.89. The predicted molar refractivity (Wildman–Crippen MR) is 100 cm³/mol. The van der Waals surface area contributed by atoms with Crippen LogP contribution in [0.4, 0.5) is 0 Å². The van der Waals surface area contributed by atoms with E-state index in [0.29, 0.717) is 11.7 Å². The molecule has 1 fully saturated rings. The molecule has 0 saturated carbocycles. The molecule has 1 saturated heterocycles. The minimum atomic E-state index is -0.394. The maximum absolute atomic E-state index is 11.9. The summed E-state index contributed by atoms with van der Waals surface area (Å²) in [6, 6.07) is 7.61. The first-order chi connectivity index (χ1) is 11.5. The predicted octanol–water partition coefficient (Wildman–Crippen LogP) is 2.53. The van der Waals surface area contributed by atoms with Gasteiger partial charge in [0.15, 0.2) is 6.61 Å². The molecule has 2 rings (SSSR count). The van der Waals surface area contributed by atoms with E-state index in [-0.39, 0.29) is 29.8 Å². The summed E-state index contributed by atoms with van der Waals surface area (Å²) in [6.45, 7) is 14.3. The van der Waals surface area contributed by atoms with Crippen LogP contribution >= 0.6 is 0 Å². The standard InChI is InChI=1S/C19H30BNO4/c1-13(2)14(3)21-17(22)12-23-16-10-8-15(9-11-16)20-24-18(4,5)19(6,7)25-20/h8-11,13-14H,12H2,1-7H3,(H,21,22). The van der Waals surface area contributed by atoms with E-state index < -0.39 is 7.12 Å². The molecule has 1 aliphatic heterocycles. The van der Waals surface area contributed by atoms with Gasteiger partial charge in [0.1, 0.15) is 5.75 Å². The largest absolute Gasteiger partial charge is 0.494 e. The zero-order valence-corrected chi connectivity index (χ0v) is 16.4. The van der Waals surface area contributed by atoms with Crippen molar-refractivity contribution in [2.24, 2.45) is 5.92 Å². The fraction of sp³-hybridized carbons (Fsp3) is 0.632. The molecule has 25 heavy (non-hydrogen) atoms. The molecule has 1 amide bonds. The number of hydrogen-bond acceptors (Lipinski definition) is 4. The highest BCUT2D eigenvalue weighted by molar-refractivity contribution is 6.62. The number of carbonyl (C=O) groups excluding carboxylic acids is 1. The minimum absolute atomic E-state index is 0.00684. The quantitative estimate of drug-likeness (QED) is 0.804. The second-order valence-corrected chi connectivity index (χ2v) is 8.05. The Kier molecular flexibility index (Phi) is 5.84. The summed E-state index contributed by atoms with van der Waals surface area (Å²) in [4.78, 5) is 11.9. The summed E-state index contributed by atoms with van der Waals surface area (Å²) < 4.78 is 17.6. The molecule has 1 heterocycles. The maximum Gasteiger partial charge on any atom is 0.494 e. The molecule has 0 aromatic heterocycles. The van der Waals surface area contributed by atoms with Crippen molar-refractivity contribution in [3.8, 4) is 5.75 Å². The van der Waals surface area contributed by atoms with E-state index in [1.807, 2.05) is 58.9 Å². The number of carbonyl (C=O) groups is 1. The second-order valence-electron chi connectivity index (χ2n) is 8.05. The topological polar surface area (TPSA) is 56.8 Å². The molecule has 0 aliphatic carbocycles. The minimum Gasteiger partial charge on any atom is -0.484 e. The van der Waals surface area contributed by atoms with E-state index in [1.165, 1.54) is 0 Å². The van der Waals surface area contributed by atoms with Crippen molar-refractivity contribution >= 4 is 18.5 Å². The number of hydrogen-bond donors (Lipinski definition) is 1. The molecule has 0 bridgehead atoms. The lowest BCUT2D eigenvalue weighted by molar-refractivity contribution is -0.124. The average Bonchev–Trinajstić information content (AvgIpc) is 2.73. The van der Waals surface area contributed by atoms with Gasteiger partial charge in [0.2, 0.25) is 0 Å². The van der Waals surface area contributed by atoms with Crippen LogP contribution < -0.4 is 15.5 Å². The van der Waals surface area contributed by atoms with Crippen LogP contribution in [0.2, 0.25) is 0 Å². The van der Waals surface area contributed by atoms with Crippen LogP contribution in [0.1, 0.15) is 48.5 Å². The fourth-order valence-corrected chi connectivity index (χ4v) is 2.31. The smallest absolute Gasteiger partial charge is 0.484 e. The van der Waals surface area contributed by atoms with E-state index in [1.54, 1.807) is 0 Å². The summed E-state index contributed by atoms with van der Waals surface area (Å²) in [5.41, 5.74) is 0.208. The molecule has 0 spiro atoms. The van der Waals surface area contributed by atoms with Crippen molar-refractivity contribution in [2.45, 2.75) is 65.7 Å². The Morgan fingerprint density at radius 2 is 1.60 bits per heavy atom. The van der Waals surface area contributed by atoms with Gasteiger partial charge in [0, 0.05) is 6.04 Å². The Balaban J connectivity index is 1.90. The van der Waals surface area contributed by atoms with Gasteiger partial charge in [-0.1, -0.05) is 26.0 Å². The third kappa shape index (κ3) is 4.76. The van der Waals surface area contributed by atoms with Crippen molar-refractivity contribution in [2.75, 3.05) is 6.61 Å². The monoisotopic (exact) mass is 347 g/mol. The van der Waals surface area contributed by atoms with Gasteiger partial charge in [-0.05, 0) is 58.1 Å². The highest BCUT2D eigenvalue weighted by Gasteiger charge is 2.51. The van der Waals surface area contributed by atoms with Gasteiger partial charge in [-0.15, -0.1) is 0 Å². The van der Waals surface area contributed by atoms with Gasteiger partial charge in [-0.3, -0.25) is 4.79 Å². The highest BCUT2D eigenvalue weighted by atomic mass is 16.7. The third-order valence-electron chi connectivity index (χ3n) is 5.16. The number of ether oxygens (including phenoxy) is 1. The molecular formula is C19H30BNO4. The SMILES string of the molecule is CC(C)C(C)NC(=O)COc1ccc(B2OC(C)(C)C(C)(C)O2)cc1. The first kappa shape index (κ1) is 19.8. The summed E-state index contributed by atoms with van der Waals surface area (Å²) in [5, 5.41) is 2.92. The van der Waals surface area contributed by atoms with Crippen LogP contribution in [-0.2, 0) is 14.1 Å². The zero-order chi connectivity index (χ0) is 18.8. The lowest BCUT2D eigenvalue weighted by Gasteiger charge is -2.32. The number of rotatable bonds is 6. The molecule has 1 unspecified atom stereocenters. The first-order valence-corrected chi connectivity index (χ1v) is 8.89. The van der Waals surface area contributed by atoms with Crippen LogP contribution in [-0.4, -0.2) is 36.9 Å². The maximum atomic E-state index is 11.9. The van der Waals surface area contributed by atoms with E-state index >= 15 is 0 Å². The van der Waals surface area contributed by atoms with Gasteiger partial charge in [-0.2, -0.15) is 0 Å². The van der Waals surface area contributed by atoms with Crippen LogP contribution in [0.15, 0.2) is 24.3 Å². The van der Waals surface area contributed by atoms with E-state index in [4.69, 9.17) is 14.0 Å². The molecule has 1 aromatic carbocycles. The molecule has 138 valence electrons. The Labute approximate surface area is 151 Å². The van der Waals surface area contributed by atoms with Gasteiger partial charge in [-0.25, -0.2) is 0 Å². The van der Waals surface area contributed by atoms with Crippen molar-refractivity contribution < 1.29 is 18.8 Å². The number of amides is 1. The molecule has 1 atom stereocenters. The van der Waals surface area contributed by atoms with Crippen molar-refractivity contribution in [3.05, 3.63) is 24.3 Å². The molecule has 0 radical (unpaired) electrons. The van der Waals surface area contributed by atoms with Crippen LogP contribution in [0.5, 0.6) is 5.75 Å². The van der Waals surface area contributed by atoms with Crippen molar-refractivity contribution in [1.29, 1.82) is 0 Å². The summed E-state index contributed by atoms with van der Waals surface area (Å²) in [6.07, 6.45) is 0. The van der Waals surface area contributed by atoms with E-state index in [0.717, 1.165) is 5.46 Å². The lowest BCUT2D eigenvalue weighted by Crippen LogP contribution is -2.41. The summed E-state index contributed by atoms with van der Waals surface area (Å²) >= 11 is 0. The van der Waals surface area contributed by atoms with Crippen molar-refractivity contribution in [3.63, 3.8) is 0 Å². The molecule has 5 nitrogen and oxygen atoms in total. The average molecular weight is 347 g/mol. The Bertz CT molecular complexity index is 582. The van der Waals surface area contributed by atoms with E-state index in [2.05, 4.69) is 19.2 Å². The van der Waals surface area contributed by atoms with E-state index in [9.17, 15) is 4.79 Å². The zero-order valence-electron chi connectivity index (χ0n) is 16.4. The van der Waals surface area contributed by atoms with Crippen LogP contribution in [0, 0.1) is 5.92 Å². The summed E-state index contributed by atoms with van der Waals surface area (Å²) in [7, 11) is -0.394.